The lowest BCUT2D eigenvalue weighted by atomic mass is 9.90. The monoisotopic (exact) mass is 281 g/mol. The molecule has 2 rings (SSSR count). The van der Waals surface area contributed by atoms with Gasteiger partial charge in [0.05, 0.1) is 6.10 Å². The Kier molecular flexibility index (Phi) is 4.39. The van der Waals surface area contributed by atoms with Crippen molar-refractivity contribution in [3.8, 4) is 5.88 Å². The van der Waals surface area contributed by atoms with Crippen LogP contribution in [0.2, 0.25) is 0 Å². The topological polar surface area (TPSA) is 93.6 Å². The van der Waals surface area contributed by atoms with E-state index in [0.717, 1.165) is 0 Å². The molecule has 0 unspecified atom stereocenters. The zero-order chi connectivity index (χ0) is 14.6. The third-order valence-corrected chi connectivity index (χ3v) is 3.12. The van der Waals surface area contributed by atoms with Crippen molar-refractivity contribution in [1.82, 2.24) is 9.97 Å². The number of aromatic nitrogens is 2. The summed E-state index contributed by atoms with van der Waals surface area (Å²) >= 11 is 0. The summed E-state index contributed by atoms with van der Waals surface area (Å²) in [6.07, 6.45) is 2.14. The van der Waals surface area contributed by atoms with Crippen molar-refractivity contribution < 1.29 is 19.4 Å². The van der Waals surface area contributed by atoms with E-state index in [-0.39, 0.29) is 6.10 Å². The molecule has 7 nitrogen and oxygen atoms in total. The van der Waals surface area contributed by atoms with Gasteiger partial charge in [-0.2, -0.15) is 0 Å². The molecule has 1 fully saturated rings. The molecule has 1 aromatic heterocycles. The van der Waals surface area contributed by atoms with E-state index in [1.54, 1.807) is 6.07 Å². The summed E-state index contributed by atoms with van der Waals surface area (Å²) in [5.41, 5.74) is -1.04. The zero-order valence-electron chi connectivity index (χ0n) is 11.6. The number of hydrogen-bond acceptors (Lipinski definition) is 6. The number of nitrogens with one attached hydrogen (secondary N) is 1. The molecule has 2 N–H and O–H groups in total. The Morgan fingerprint density at radius 3 is 2.75 bits per heavy atom. The molecule has 1 aliphatic rings. The van der Waals surface area contributed by atoms with Crippen molar-refractivity contribution in [2.24, 2.45) is 0 Å². The molecule has 1 aliphatic heterocycles. The maximum Gasteiger partial charge on any atom is 0.329 e. The molecule has 0 aromatic carbocycles. The Morgan fingerprint density at radius 1 is 1.45 bits per heavy atom. The highest BCUT2D eigenvalue weighted by Crippen LogP contribution is 2.26. The van der Waals surface area contributed by atoms with E-state index >= 15 is 0 Å². The summed E-state index contributed by atoms with van der Waals surface area (Å²) in [4.78, 5) is 19.6. The number of nitrogens with zero attached hydrogens (tertiary/aromatic N) is 2. The van der Waals surface area contributed by atoms with E-state index in [4.69, 9.17) is 9.47 Å². The molecule has 0 aliphatic carbocycles. The fraction of sp³-hybridized carbons (Fsp3) is 0.615. The standard InChI is InChI=1S/C13H19N3O4/c1-9(2)20-11-7-10(14-8-15-11)16-13(12(17)18)3-5-19-6-4-13/h7-9H,3-6H2,1-2H3,(H,17,18)(H,14,15,16). The number of anilines is 1. The van der Waals surface area contributed by atoms with E-state index in [1.165, 1.54) is 6.33 Å². The summed E-state index contributed by atoms with van der Waals surface area (Å²) < 4.78 is 10.7. The van der Waals surface area contributed by atoms with Gasteiger partial charge in [0.15, 0.2) is 0 Å². The van der Waals surface area contributed by atoms with E-state index in [0.29, 0.717) is 37.8 Å². The van der Waals surface area contributed by atoms with Crippen LogP contribution >= 0.6 is 0 Å². The van der Waals surface area contributed by atoms with Gasteiger partial charge in [0.25, 0.3) is 0 Å². The third-order valence-electron chi connectivity index (χ3n) is 3.12. The summed E-state index contributed by atoms with van der Waals surface area (Å²) in [5, 5.41) is 12.5. The van der Waals surface area contributed by atoms with Crippen LogP contribution < -0.4 is 10.1 Å². The Hall–Kier alpha value is -1.89. The molecule has 20 heavy (non-hydrogen) atoms. The van der Waals surface area contributed by atoms with Crippen LogP contribution in [-0.4, -0.2) is 45.9 Å². The quantitative estimate of drug-likeness (QED) is 0.840. The van der Waals surface area contributed by atoms with Gasteiger partial charge < -0.3 is 19.9 Å². The second-order valence-corrected chi connectivity index (χ2v) is 5.03. The molecule has 0 radical (unpaired) electrons. The zero-order valence-corrected chi connectivity index (χ0v) is 11.6. The Morgan fingerprint density at radius 2 is 2.15 bits per heavy atom. The van der Waals surface area contributed by atoms with Gasteiger partial charge in [-0.1, -0.05) is 0 Å². The minimum Gasteiger partial charge on any atom is -0.480 e. The van der Waals surface area contributed by atoms with Crippen molar-refractivity contribution in [2.45, 2.75) is 38.3 Å². The average Bonchev–Trinajstić information content (AvgIpc) is 2.39. The predicted octanol–water partition coefficient (Wildman–Crippen LogP) is 1.31. The Bertz CT molecular complexity index is 472. The SMILES string of the molecule is CC(C)Oc1cc(NC2(C(=O)O)CCOCC2)ncn1. The van der Waals surface area contributed by atoms with Gasteiger partial charge in [-0.25, -0.2) is 14.8 Å². The van der Waals surface area contributed by atoms with Gasteiger partial charge in [-0.15, -0.1) is 0 Å². The minimum absolute atomic E-state index is 0.00531. The van der Waals surface area contributed by atoms with Crippen LogP contribution in [0, 0.1) is 0 Å². The first-order chi connectivity index (χ1) is 9.52. The van der Waals surface area contributed by atoms with E-state index < -0.39 is 11.5 Å². The number of carboxylic acids is 1. The van der Waals surface area contributed by atoms with Gasteiger partial charge in [-0.3, -0.25) is 0 Å². The number of rotatable bonds is 5. The van der Waals surface area contributed by atoms with Gasteiger partial charge >= 0.3 is 5.97 Å². The molecule has 0 saturated carbocycles. The van der Waals surface area contributed by atoms with Gasteiger partial charge in [0, 0.05) is 32.1 Å². The lowest BCUT2D eigenvalue weighted by Gasteiger charge is -2.34. The highest BCUT2D eigenvalue weighted by Gasteiger charge is 2.40. The first kappa shape index (κ1) is 14.5. The first-order valence-electron chi connectivity index (χ1n) is 6.60. The Balaban J connectivity index is 2.16. The third kappa shape index (κ3) is 3.36. The van der Waals surface area contributed by atoms with Crippen LogP contribution in [0.4, 0.5) is 5.82 Å². The molecule has 0 atom stereocenters. The molecule has 110 valence electrons. The van der Waals surface area contributed by atoms with Crippen LogP contribution in [0.25, 0.3) is 0 Å². The Labute approximate surface area is 117 Å². The number of aliphatic carboxylic acids is 1. The van der Waals surface area contributed by atoms with Crippen molar-refractivity contribution in [2.75, 3.05) is 18.5 Å². The predicted molar refractivity (Wildman–Crippen MR) is 71.8 cm³/mol. The van der Waals surface area contributed by atoms with Crippen molar-refractivity contribution >= 4 is 11.8 Å². The molecular weight excluding hydrogens is 262 g/mol. The van der Waals surface area contributed by atoms with Crippen LogP contribution in [0.15, 0.2) is 12.4 Å². The summed E-state index contributed by atoms with van der Waals surface area (Å²) in [5.74, 6) is -0.0317. The largest absolute Gasteiger partial charge is 0.480 e. The fourth-order valence-electron chi connectivity index (χ4n) is 2.07. The lowest BCUT2D eigenvalue weighted by Crippen LogP contribution is -2.50. The molecular formula is C13H19N3O4. The fourth-order valence-corrected chi connectivity index (χ4v) is 2.07. The summed E-state index contributed by atoms with van der Waals surface area (Å²) in [6, 6.07) is 1.61. The second-order valence-electron chi connectivity index (χ2n) is 5.03. The second kappa shape index (κ2) is 6.04. The molecule has 0 bridgehead atoms. The smallest absolute Gasteiger partial charge is 0.329 e. The average molecular weight is 281 g/mol. The molecule has 1 saturated heterocycles. The highest BCUT2D eigenvalue weighted by molar-refractivity contribution is 5.82. The van der Waals surface area contributed by atoms with Gasteiger partial charge in [-0.05, 0) is 13.8 Å². The number of hydrogen-bond donors (Lipinski definition) is 2. The van der Waals surface area contributed by atoms with E-state index in [2.05, 4.69) is 15.3 Å². The van der Waals surface area contributed by atoms with Crippen LogP contribution in [0.3, 0.4) is 0 Å². The number of carbonyl (C=O) groups is 1. The molecule has 0 amide bonds. The van der Waals surface area contributed by atoms with Crippen molar-refractivity contribution in [3.05, 3.63) is 12.4 Å². The normalized spacial score (nSPS) is 17.8. The number of ether oxygens (including phenoxy) is 2. The van der Waals surface area contributed by atoms with Crippen LogP contribution in [-0.2, 0) is 9.53 Å². The van der Waals surface area contributed by atoms with Gasteiger partial charge in [0.2, 0.25) is 5.88 Å². The highest BCUT2D eigenvalue weighted by atomic mass is 16.5. The van der Waals surface area contributed by atoms with E-state index in [9.17, 15) is 9.90 Å². The molecule has 2 heterocycles. The molecule has 7 heteroatoms. The minimum atomic E-state index is -1.04. The lowest BCUT2D eigenvalue weighted by molar-refractivity contribution is -0.145. The van der Waals surface area contributed by atoms with Crippen molar-refractivity contribution in [1.29, 1.82) is 0 Å². The van der Waals surface area contributed by atoms with Crippen LogP contribution in [0.1, 0.15) is 26.7 Å². The summed E-state index contributed by atoms with van der Waals surface area (Å²) in [7, 11) is 0. The maximum absolute atomic E-state index is 11.6. The van der Waals surface area contributed by atoms with Crippen molar-refractivity contribution in [3.63, 3.8) is 0 Å². The maximum atomic E-state index is 11.6. The van der Waals surface area contributed by atoms with Gasteiger partial charge in [0.1, 0.15) is 17.7 Å². The van der Waals surface area contributed by atoms with Crippen LogP contribution in [0.5, 0.6) is 5.88 Å². The summed E-state index contributed by atoms with van der Waals surface area (Å²) in [6.45, 7) is 4.62. The molecule has 0 spiro atoms. The first-order valence-corrected chi connectivity index (χ1v) is 6.60. The number of carboxylic acid groups (broad SMARTS) is 1. The molecule has 1 aromatic rings. The van der Waals surface area contributed by atoms with E-state index in [1.807, 2.05) is 13.8 Å².